The largest absolute Gasteiger partial charge is 0.462 e. The topological polar surface area (TPSA) is 64.3 Å². The van der Waals surface area contributed by atoms with Crippen molar-refractivity contribution in [1.29, 1.82) is 0 Å². The van der Waals surface area contributed by atoms with Crippen molar-refractivity contribution in [2.45, 2.75) is 6.92 Å². The molecule has 0 saturated carbocycles. The summed E-state index contributed by atoms with van der Waals surface area (Å²) in [5.74, 6) is -0.803. The number of hydrogen-bond donors (Lipinski definition) is 2. The molecule has 2 aromatic carbocycles. The van der Waals surface area contributed by atoms with Gasteiger partial charge in [0.05, 0.1) is 18.0 Å². The predicted octanol–water partition coefficient (Wildman–Crippen LogP) is 4.54. The van der Waals surface area contributed by atoms with Crippen LogP contribution in [0.3, 0.4) is 0 Å². The number of carbonyl (C=O) groups is 1. The Morgan fingerprint density at radius 3 is 2.83 bits per heavy atom. The zero-order valence-electron chi connectivity index (χ0n) is 12.4. The van der Waals surface area contributed by atoms with E-state index in [0.717, 1.165) is 10.1 Å². The molecule has 6 heteroatoms. The van der Waals surface area contributed by atoms with Crippen LogP contribution in [0, 0.1) is 5.82 Å². The monoisotopic (exact) mass is 330 g/mol. The van der Waals surface area contributed by atoms with E-state index in [9.17, 15) is 9.18 Å². The molecule has 4 nitrogen and oxygen atoms in total. The molecule has 3 N–H and O–H groups in total. The second-order valence-corrected chi connectivity index (χ2v) is 5.93. The van der Waals surface area contributed by atoms with Crippen molar-refractivity contribution < 1.29 is 13.9 Å². The van der Waals surface area contributed by atoms with E-state index in [4.69, 9.17) is 10.5 Å². The summed E-state index contributed by atoms with van der Waals surface area (Å²) in [4.78, 5) is 12.3. The van der Waals surface area contributed by atoms with E-state index in [2.05, 4.69) is 5.32 Å². The van der Waals surface area contributed by atoms with Crippen LogP contribution in [0.4, 0.5) is 20.8 Å². The van der Waals surface area contributed by atoms with Crippen LogP contribution in [0.25, 0.3) is 10.1 Å². The van der Waals surface area contributed by atoms with Gasteiger partial charge in [-0.3, -0.25) is 0 Å². The van der Waals surface area contributed by atoms with Crippen molar-refractivity contribution in [2.24, 2.45) is 0 Å². The van der Waals surface area contributed by atoms with Crippen LogP contribution in [-0.4, -0.2) is 12.6 Å². The predicted molar refractivity (Wildman–Crippen MR) is 91.9 cm³/mol. The lowest BCUT2D eigenvalue weighted by Crippen LogP contribution is -2.06. The highest BCUT2D eigenvalue weighted by Crippen LogP contribution is 2.38. The zero-order valence-corrected chi connectivity index (χ0v) is 13.2. The van der Waals surface area contributed by atoms with Gasteiger partial charge in [0.15, 0.2) is 0 Å². The average Bonchev–Trinajstić information content (AvgIpc) is 2.88. The smallest absolute Gasteiger partial charge is 0.341 e. The van der Waals surface area contributed by atoms with E-state index in [0.29, 0.717) is 22.9 Å². The fourth-order valence-electron chi connectivity index (χ4n) is 2.31. The lowest BCUT2D eigenvalue weighted by Gasteiger charge is -2.09. The van der Waals surface area contributed by atoms with Crippen molar-refractivity contribution in [3.8, 4) is 0 Å². The number of carbonyl (C=O) groups excluding carboxylic acids is 1. The van der Waals surface area contributed by atoms with Crippen LogP contribution >= 0.6 is 11.3 Å². The first-order chi connectivity index (χ1) is 11.1. The van der Waals surface area contributed by atoms with Gasteiger partial charge in [-0.15, -0.1) is 11.3 Å². The Balaban J connectivity index is 2.09. The van der Waals surface area contributed by atoms with Crippen molar-refractivity contribution in [3.05, 3.63) is 53.8 Å². The molecule has 0 aliphatic heterocycles. The summed E-state index contributed by atoms with van der Waals surface area (Å²) in [5, 5.41) is 4.57. The molecule has 0 aliphatic carbocycles. The fourth-order valence-corrected chi connectivity index (χ4v) is 3.41. The fraction of sp³-hybridized carbons (Fsp3) is 0.118. The van der Waals surface area contributed by atoms with Gasteiger partial charge in [-0.2, -0.15) is 0 Å². The molecule has 0 saturated heterocycles. The molecule has 118 valence electrons. The quantitative estimate of drug-likeness (QED) is 0.544. The minimum absolute atomic E-state index is 0.275. The number of fused-ring (bicyclic) bond motifs is 1. The normalized spacial score (nSPS) is 10.7. The van der Waals surface area contributed by atoms with Crippen LogP contribution < -0.4 is 11.1 Å². The number of ether oxygens (including phenoxy) is 1. The molecule has 1 aromatic heterocycles. The maximum atomic E-state index is 13.2. The number of nitrogens with two attached hydrogens (primary N) is 1. The molecule has 1 heterocycles. The summed E-state index contributed by atoms with van der Waals surface area (Å²) in [7, 11) is 0. The second-order valence-electron chi connectivity index (χ2n) is 4.88. The number of halogens is 1. The third-order valence-electron chi connectivity index (χ3n) is 3.34. The number of nitrogen functional groups attached to an aromatic ring is 1. The summed E-state index contributed by atoms with van der Waals surface area (Å²) in [6, 6.07) is 11.7. The molecule has 0 atom stereocenters. The first kappa shape index (κ1) is 15.3. The molecule has 0 fully saturated rings. The number of thiophene rings is 1. The van der Waals surface area contributed by atoms with Gasteiger partial charge in [0.1, 0.15) is 16.4 Å². The van der Waals surface area contributed by atoms with Crippen LogP contribution in [0.5, 0.6) is 0 Å². The lowest BCUT2D eigenvalue weighted by atomic mass is 10.1. The third kappa shape index (κ3) is 2.98. The van der Waals surface area contributed by atoms with E-state index < -0.39 is 11.8 Å². The summed E-state index contributed by atoms with van der Waals surface area (Å²) >= 11 is 1.42. The number of esters is 1. The molecule has 3 rings (SSSR count). The molecular formula is C17H15FN2O2S. The molecule has 23 heavy (non-hydrogen) atoms. The Labute approximate surface area is 136 Å². The average molecular weight is 330 g/mol. The highest BCUT2D eigenvalue weighted by molar-refractivity contribution is 7.23. The Morgan fingerprint density at radius 2 is 2.09 bits per heavy atom. The number of anilines is 3. The summed E-state index contributed by atoms with van der Waals surface area (Å²) < 4.78 is 19.3. The molecule has 0 spiro atoms. The molecule has 0 bridgehead atoms. The summed E-state index contributed by atoms with van der Waals surface area (Å²) in [5.41, 5.74) is 7.12. The summed E-state index contributed by atoms with van der Waals surface area (Å²) in [6.45, 7) is 2.05. The molecule has 0 unspecified atom stereocenters. The lowest BCUT2D eigenvalue weighted by molar-refractivity contribution is 0.0530. The van der Waals surface area contributed by atoms with Crippen LogP contribution in [0.2, 0.25) is 0 Å². The van der Waals surface area contributed by atoms with E-state index in [-0.39, 0.29) is 5.69 Å². The Kier molecular flexibility index (Phi) is 4.16. The van der Waals surface area contributed by atoms with Crippen molar-refractivity contribution in [3.63, 3.8) is 0 Å². The Hall–Kier alpha value is -2.60. The van der Waals surface area contributed by atoms with E-state index in [1.54, 1.807) is 13.0 Å². The van der Waals surface area contributed by atoms with Crippen molar-refractivity contribution in [1.82, 2.24) is 0 Å². The maximum Gasteiger partial charge on any atom is 0.341 e. The SMILES string of the molecule is CCOC(=O)c1c(Nc2ccc(F)cc2N)sc2ccccc12. The van der Waals surface area contributed by atoms with Crippen LogP contribution in [-0.2, 0) is 4.74 Å². The van der Waals surface area contributed by atoms with Gasteiger partial charge in [-0.1, -0.05) is 18.2 Å². The minimum Gasteiger partial charge on any atom is -0.462 e. The number of benzene rings is 2. The van der Waals surface area contributed by atoms with Gasteiger partial charge in [-0.05, 0) is 31.2 Å². The Bertz CT molecular complexity index is 876. The number of nitrogens with one attached hydrogen (secondary N) is 1. The first-order valence-electron chi connectivity index (χ1n) is 7.11. The first-order valence-corrected chi connectivity index (χ1v) is 7.92. The van der Waals surface area contributed by atoms with Crippen LogP contribution in [0.1, 0.15) is 17.3 Å². The van der Waals surface area contributed by atoms with E-state index in [1.807, 2.05) is 24.3 Å². The number of hydrogen-bond acceptors (Lipinski definition) is 5. The maximum absolute atomic E-state index is 13.2. The summed E-state index contributed by atoms with van der Waals surface area (Å²) in [6.07, 6.45) is 0. The van der Waals surface area contributed by atoms with Gasteiger partial charge >= 0.3 is 5.97 Å². The molecular weight excluding hydrogens is 315 g/mol. The van der Waals surface area contributed by atoms with Crippen LogP contribution in [0.15, 0.2) is 42.5 Å². The number of rotatable bonds is 4. The van der Waals surface area contributed by atoms with Gasteiger partial charge in [0.25, 0.3) is 0 Å². The highest BCUT2D eigenvalue weighted by atomic mass is 32.1. The Morgan fingerprint density at radius 1 is 1.30 bits per heavy atom. The standard InChI is InChI=1S/C17H15FN2O2S/c1-2-22-17(21)15-11-5-3-4-6-14(11)23-16(15)20-13-8-7-10(18)9-12(13)19/h3-9,20H,2,19H2,1H3. The molecule has 0 aliphatic rings. The van der Waals surface area contributed by atoms with Crippen molar-refractivity contribution in [2.75, 3.05) is 17.7 Å². The van der Waals surface area contributed by atoms with E-state index in [1.165, 1.54) is 23.5 Å². The highest BCUT2D eigenvalue weighted by Gasteiger charge is 2.20. The third-order valence-corrected chi connectivity index (χ3v) is 4.42. The molecule has 0 amide bonds. The zero-order chi connectivity index (χ0) is 16.4. The molecule has 0 radical (unpaired) electrons. The second kappa shape index (κ2) is 6.26. The van der Waals surface area contributed by atoms with E-state index >= 15 is 0 Å². The van der Waals surface area contributed by atoms with Gasteiger partial charge in [-0.25, -0.2) is 9.18 Å². The minimum atomic E-state index is -0.407. The molecule has 3 aromatic rings. The van der Waals surface area contributed by atoms with Crippen molar-refractivity contribution >= 4 is 43.8 Å². The van der Waals surface area contributed by atoms with Gasteiger partial charge < -0.3 is 15.8 Å². The van der Waals surface area contributed by atoms with Gasteiger partial charge in [0.2, 0.25) is 0 Å². The van der Waals surface area contributed by atoms with Gasteiger partial charge in [0, 0.05) is 10.1 Å².